The number of carbonyl (C=O) groups is 1. The van der Waals surface area contributed by atoms with Gasteiger partial charge in [0.1, 0.15) is 0 Å². The van der Waals surface area contributed by atoms with Crippen LogP contribution in [0.1, 0.15) is 22.8 Å². The molecule has 1 amide bonds. The smallest absolute Gasteiger partial charge is 0.253 e. The number of amides is 1. The molecular weight excluding hydrogens is 302 g/mol. The van der Waals surface area contributed by atoms with E-state index in [1.165, 1.54) is 0 Å². The van der Waals surface area contributed by atoms with Crippen LogP contribution in [0.3, 0.4) is 0 Å². The van der Waals surface area contributed by atoms with Crippen LogP contribution in [-0.4, -0.2) is 34.6 Å². The summed E-state index contributed by atoms with van der Waals surface area (Å²) >= 11 is 0. The monoisotopic (exact) mass is 321 g/mol. The lowest BCUT2D eigenvalue weighted by Crippen LogP contribution is -2.26. The minimum atomic E-state index is -0.00460. The molecule has 0 saturated heterocycles. The number of aromatic nitrogens is 2. The summed E-state index contributed by atoms with van der Waals surface area (Å²) < 4.78 is 5.76. The summed E-state index contributed by atoms with van der Waals surface area (Å²) in [6.45, 7) is 4.63. The molecule has 1 heterocycles. The van der Waals surface area contributed by atoms with Crippen molar-refractivity contribution < 1.29 is 9.21 Å². The first kappa shape index (κ1) is 15.9. The summed E-state index contributed by atoms with van der Waals surface area (Å²) in [4.78, 5) is 13.8. The lowest BCUT2D eigenvalue weighted by Gasteiger charge is -2.14. The molecule has 0 aliphatic rings. The van der Waals surface area contributed by atoms with Gasteiger partial charge in [-0.05, 0) is 50.2 Å². The van der Waals surface area contributed by atoms with Gasteiger partial charge in [0.05, 0.1) is 0 Å². The highest BCUT2D eigenvalue weighted by molar-refractivity contribution is 5.94. The molecule has 0 bridgehead atoms. The third-order valence-corrected chi connectivity index (χ3v) is 3.89. The van der Waals surface area contributed by atoms with E-state index in [0.29, 0.717) is 23.9 Å². The third-order valence-electron chi connectivity index (χ3n) is 3.89. The second kappa shape index (κ2) is 6.66. The van der Waals surface area contributed by atoms with Crippen LogP contribution < -0.4 is 0 Å². The van der Waals surface area contributed by atoms with E-state index in [2.05, 4.69) is 10.2 Å². The van der Waals surface area contributed by atoms with Crippen LogP contribution in [0.25, 0.3) is 22.9 Å². The Morgan fingerprint density at radius 1 is 1.04 bits per heavy atom. The minimum Gasteiger partial charge on any atom is -0.416 e. The Labute approximate surface area is 140 Å². The van der Waals surface area contributed by atoms with E-state index in [1.807, 2.05) is 50.2 Å². The molecule has 0 fully saturated rings. The first-order chi connectivity index (χ1) is 11.6. The zero-order valence-electron chi connectivity index (χ0n) is 14.0. The van der Waals surface area contributed by atoms with Gasteiger partial charge < -0.3 is 9.32 Å². The number of benzene rings is 2. The topological polar surface area (TPSA) is 59.2 Å². The van der Waals surface area contributed by atoms with Gasteiger partial charge in [-0.3, -0.25) is 4.79 Å². The molecule has 3 rings (SSSR count). The summed E-state index contributed by atoms with van der Waals surface area (Å²) in [7, 11) is 1.78. The van der Waals surface area contributed by atoms with Crippen LogP contribution in [0.2, 0.25) is 0 Å². The van der Waals surface area contributed by atoms with Gasteiger partial charge >= 0.3 is 0 Å². The first-order valence-electron chi connectivity index (χ1n) is 7.85. The molecule has 122 valence electrons. The van der Waals surface area contributed by atoms with Crippen molar-refractivity contribution in [2.75, 3.05) is 13.6 Å². The largest absolute Gasteiger partial charge is 0.416 e. The molecule has 5 heteroatoms. The normalized spacial score (nSPS) is 10.6. The highest BCUT2D eigenvalue weighted by Gasteiger charge is 2.13. The molecule has 0 aliphatic carbocycles. The number of carbonyl (C=O) groups excluding carboxylic acids is 1. The predicted molar refractivity (Wildman–Crippen MR) is 92.5 cm³/mol. The first-order valence-corrected chi connectivity index (χ1v) is 7.85. The fourth-order valence-electron chi connectivity index (χ4n) is 2.35. The van der Waals surface area contributed by atoms with Crippen molar-refractivity contribution in [1.29, 1.82) is 0 Å². The van der Waals surface area contributed by atoms with Gasteiger partial charge in [0.2, 0.25) is 11.8 Å². The molecule has 1 aromatic heterocycles. The van der Waals surface area contributed by atoms with Crippen LogP contribution in [0.15, 0.2) is 52.9 Å². The lowest BCUT2D eigenvalue weighted by molar-refractivity contribution is 0.0802. The van der Waals surface area contributed by atoms with Crippen molar-refractivity contribution >= 4 is 5.91 Å². The van der Waals surface area contributed by atoms with Gasteiger partial charge in [0, 0.05) is 30.3 Å². The van der Waals surface area contributed by atoms with Crippen molar-refractivity contribution in [3.05, 3.63) is 59.7 Å². The maximum absolute atomic E-state index is 12.1. The maximum atomic E-state index is 12.1. The van der Waals surface area contributed by atoms with Crippen LogP contribution in [0.4, 0.5) is 0 Å². The summed E-state index contributed by atoms with van der Waals surface area (Å²) in [6, 6.07) is 15.1. The average Bonchev–Trinajstić information content (AvgIpc) is 3.10. The molecule has 2 aromatic carbocycles. The number of hydrogen-bond acceptors (Lipinski definition) is 4. The summed E-state index contributed by atoms with van der Waals surface area (Å²) in [5, 5.41) is 8.22. The molecule has 0 unspecified atom stereocenters. The van der Waals surface area contributed by atoms with Gasteiger partial charge in [0.15, 0.2) is 0 Å². The minimum absolute atomic E-state index is 0.00460. The fraction of sp³-hybridized carbons (Fsp3) is 0.211. The van der Waals surface area contributed by atoms with E-state index < -0.39 is 0 Å². The third kappa shape index (κ3) is 3.20. The van der Waals surface area contributed by atoms with Crippen molar-refractivity contribution in [3.8, 4) is 22.9 Å². The van der Waals surface area contributed by atoms with Gasteiger partial charge in [-0.15, -0.1) is 10.2 Å². The Morgan fingerprint density at radius 2 is 1.71 bits per heavy atom. The Balaban J connectivity index is 1.84. The van der Waals surface area contributed by atoms with E-state index in [1.54, 1.807) is 24.1 Å². The van der Waals surface area contributed by atoms with E-state index >= 15 is 0 Å². The Hall–Kier alpha value is -2.95. The van der Waals surface area contributed by atoms with Gasteiger partial charge in [-0.2, -0.15) is 0 Å². The van der Waals surface area contributed by atoms with Crippen LogP contribution in [-0.2, 0) is 0 Å². The second-order valence-electron chi connectivity index (χ2n) is 5.68. The fourth-order valence-corrected chi connectivity index (χ4v) is 2.35. The van der Waals surface area contributed by atoms with Gasteiger partial charge in [0.25, 0.3) is 5.91 Å². The van der Waals surface area contributed by atoms with Crippen LogP contribution >= 0.6 is 0 Å². The quantitative estimate of drug-likeness (QED) is 0.733. The summed E-state index contributed by atoms with van der Waals surface area (Å²) in [5.41, 5.74) is 3.46. The highest BCUT2D eigenvalue weighted by atomic mass is 16.4. The molecule has 0 N–H and O–H groups in total. The zero-order valence-corrected chi connectivity index (χ0v) is 14.0. The standard InChI is InChI=1S/C19H19N3O2/c1-4-22(3)19(23)15-10-8-14(9-11-15)17-20-21-18(24-17)16-7-5-6-13(2)12-16/h5-12H,4H2,1-3H3. The lowest BCUT2D eigenvalue weighted by atomic mass is 10.1. The number of hydrogen-bond donors (Lipinski definition) is 0. The van der Waals surface area contributed by atoms with E-state index in [0.717, 1.165) is 16.7 Å². The van der Waals surface area contributed by atoms with Crippen molar-refractivity contribution in [2.24, 2.45) is 0 Å². The van der Waals surface area contributed by atoms with Gasteiger partial charge in [-0.1, -0.05) is 17.7 Å². The molecule has 0 saturated carbocycles. The number of nitrogens with zero attached hydrogens (tertiary/aromatic N) is 3. The molecule has 0 atom stereocenters. The SMILES string of the molecule is CCN(C)C(=O)c1ccc(-c2nnc(-c3cccc(C)c3)o2)cc1. The Kier molecular flexibility index (Phi) is 4.42. The van der Waals surface area contributed by atoms with Gasteiger partial charge in [-0.25, -0.2) is 0 Å². The summed E-state index contributed by atoms with van der Waals surface area (Å²) in [6.07, 6.45) is 0. The summed E-state index contributed by atoms with van der Waals surface area (Å²) in [5.74, 6) is 0.920. The van der Waals surface area contributed by atoms with E-state index in [4.69, 9.17) is 4.42 Å². The molecule has 24 heavy (non-hydrogen) atoms. The molecule has 0 spiro atoms. The van der Waals surface area contributed by atoms with Crippen molar-refractivity contribution in [3.63, 3.8) is 0 Å². The molecular formula is C19H19N3O2. The van der Waals surface area contributed by atoms with Crippen molar-refractivity contribution in [2.45, 2.75) is 13.8 Å². The predicted octanol–water partition coefficient (Wildman–Crippen LogP) is 3.80. The van der Waals surface area contributed by atoms with Crippen molar-refractivity contribution in [1.82, 2.24) is 15.1 Å². The second-order valence-corrected chi connectivity index (χ2v) is 5.68. The zero-order chi connectivity index (χ0) is 17.1. The Bertz CT molecular complexity index is 853. The maximum Gasteiger partial charge on any atom is 0.253 e. The average molecular weight is 321 g/mol. The van der Waals surface area contributed by atoms with Crippen LogP contribution in [0, 0.1) is 6.92 Å². The molecule has 0 aliphatic heterocycles. The molecule has 5 nitrogen and oxygen atoms in total. The van der Waals surface area contributed by atoms with Crippen LogP contribution in [0.5, 0.6) is 0 Å². The van der Waals surface area contributed by atoms with E-state index in [9.17, 15) is 4.79 Å². The highest BCUT2D eigenvalue weighted by Crippen LogP contribution is 2.24. The molecule has 0 radical (unpaired) electrons. The number of rotatable bonds is 4. The van der Waals surface area contributed by atoms with E-state index in [-0.39, 0.29) is 5.91 Å². The Morgan fingerprint density at radius 3 is 2.33 bits per heavy atom. The number of aryl methyl sites for hydroxylation is 1. The molecule has 3 aromatic rings.